The Balaban J connectivity index is 2.63. The second-order valence-corrected chi connectivity index (χ2v) is 4.27. The molecule has 2 rings (SSSR count). The van der Waals surface area contributed by atoms with Crippen molar-refractivity contribution in [3.63, 3.8) is 0 Å². The Hall–Kier alpha value is -1.31. The number of aromatic nitrogens is 2. The molecule has 15 heavy (non-hydrogen) atoms. The molecule has 0 bridgehead atoms. The summed E-state index contributed by atoms with van der Waals surface area (Å²) in [4.78, 5) is 4.69. The van der Waals surface area contributed by atoms with Crippen molar-refractivity contribution in [2.24, 2.45) is 0 Å². The number of para-hydroxylation sites is 2. The molecule has 2 aromatic rings. The molecule has 0 saturated heterocycles. The summed E-state index contributed by atoms with van der Waals surface area (Å²) in [6, 6.07) is 8.38. The van der Waals surface area contributed by atoms with E-state index in [1.165, 1.54) is 11.3 Å². The van der Waals surface area contributed by atoms with E-state index in [0.29, 0.717) is 5.92 Å². The molecule has 0 unspecified atom stereocenters. The van der Waals surface area contributed by atoms with Crippen LogP contribution >= 0.6 is 0 Å². The van der Waals surface area contributed by atoms with Gasteiger partial charge in [-0.15, -0.1) is 0 Å². The summed E-state index contributed by atoms with van der Waals surface area (Å²) in [7, 11) is 0. The Bertz CT molecular complexity index is 455. The molecule has 0 N–H and O–H groups in total. The molecule has 0 aliphatic rings. The van der Waals surface area contributed by atoms with E-state index in [1.54, 1.807) is 0 Å². The third-order valence-corrected chi connectivity index (χ3v) is 2.65. The fourth-order valence-corrected chi connectivity index (χ4v) is 1.99. The maximum absolute atomic E-state index is 4.69. The molecule has 2 nitrogen and oxygen atoms in total. The lowest BCUT2D eigenvalue weighted by atomic mass is 10.2. The van der Waals surface area contributed by atoms with Crippen LogP contribution in [0.25, 0.3) is 11.0 Å². The second kappa shape index (κ2) is 4.05. The van der Waals surface area contributed by atoms with Gasteiger partial charge in [-0.1, -0.05) is 32.9 Å². The van der Waals surface area contributed by atoms with E-state index in [1.807, 2.05) is 0 Å². The molecule has 1 heterocycles. The number of nitrogens with zero attached hydrogens (tertiary/aromatic N) is 2. The smallest absolute Gasteiger partial charge is 0.112 e. The molecule has 2 heteroatoms. The molecule has 0 spiro atoms. The first kappa shape index (κ1) is 10.2. The van der Waals surface area contributed by atoms with E-state index in [9.17, 15) is 0 Å². The number of imidazole rings is 1. The molecule has 80 valence electrons. The SMILES string of the molecule is CCCn1c(C(C)C)nc2ccccc21. The Morgan fingerprint density at radius 2 is 2.00 bits per heavy atom. The molecule has 0 saturated carbocycles. The minimum absolute atomic E-state index is 0.490. The van der Waals surface area contributed by atoms with Gasteiger partial charge in [-0.05, 0) is 18.6 Å². The second-order valence-electron chi connectivity index (χ2n) is 4.27. The predicted molar refractivity (Wildman–Crippen MR) is 64.1 cm³/mol. The number of hydrogen-bond acceptors (Lipinski definition) is 1. The first-order valence-corrected chi connectivity index (χ1v) is 5.69. The van der Waals surface area contributed by atoms with Crippen LogP contribution in [0.3, 0.4) is 0 Å². The van der Waals surface area contributed by atoms with Crippen molar-refractivity contribution >= 4 is 11.0 Å². The van der Waals surface area contributed by atoms with Crippen LogP contribution < -0.4 is 0 Å². The summed E-state index contributed by atoms with van der Waals surface area (Å²) in [5, 5.41) is 0. The molecule has 0 aliphatic heterocycles. The third kappa shape index (κ3) is 1.76. The average Bonchev–Trinajstić information content (AvgIpc) is 2.58. The minimum Gasteiger partial charge on any atom is -0.328 e. The van der Waals surface area contributed by atoms with Crippen molar-refractivity contribution in [2.45, 2.75) is 39.7 Å². The molecular weight excluding hydrogens is 184 g/mol. The lowest BCUT2D eigenvalue weighted by Gasteiger charge is -2.09. The van der Waals surface area contributed by atoms with Gasteiger partial charge in [-0.3, -0.25) is 0 Å². The van der Waals surface area contributed by atoms with Crippen LogP contribution in [0.2, 0.25) is 0 Å². The van der Waals surface area contributed by atoms with Crippen LogP contribution in [-0.2, 0) is 6.54 Å². The fourth-order valence-electron chi connectivity index (χ4n) is 1.99. The number of fused-ring (bicyclic) bond motifs is 1. The predicted octanol–water partition coefficient (Wildman–Crippen LogP) is 3.57. The van der Waals surface area contributed by atoms with Crippen LogP contribution in [-0.4, -0.2) is 9.55 Å². The molecule has 0 amide bonds. The van der Waals surface area contributed by atoms with Gasteiger partial charge in [0.05, 0.1) is 11.0 Å². The maximum atomic E-state index is 4.69. The Morgan fingerprint density at radius 1 is 1.27 bits per heavy atom. The van der Waals surface area contributed by atoms with Gasteiger partial charge in [0, 0.05) is 12.5 Å². The fraction of sp³-hybridized carbons (Fsp3) is 0.462. The van der Waals surface area contributed by atoms with Crippen LogP contribution in [0.4, 0.5) is 0 Å². The van der Waals surface area contributed by atoms with Crippen molar-refractivity contribution in [3.05, 3.63) is 30.1 Å². The van der Waals surface area contributed by atoms with Gasteiger partial charge in [0.1, 0.15) is 5.82 Å². The van der Waals surface area contributed by atoms with Crippen molar-refractivity contribution in [1.82, 2.24) is 9.55 Å². The summed E-state index contributed by atoms with van der Waals surface area (Å²) in [5.74, 6) is 1.70. The zero-order valence-electron chi connectivity index (χ0n) is 9.70. The molecule has 0 radical (unpaired) electrons. The zero-order valence-corrected chi connectivity index (χ0v) is 9.70. The molecule has 1 aromatic carbocycles. The van der Waals surface area contributed by atoms with Crippen LogP contribution in [0, 0.1) is 0 Å². The van der Waals surface area contributed by atoms with Gasteiger partial charge in [0.2, 0.25) is 0 Å². The maximum Gasteiger partial charge on any atom is 0.112 e. The van der Waals surface area contributed by atoms with E-state index in [0.717, 1.165) is 18.5 Å². The molecule has 0 aliphatic carbocycles. The number of benzene rings is 1. The lowest BCUT2D eigenvalue weighted by Crippen LogP contribution is -2.04. The van der Waals surface area contributed by atoms with Crippen LogP contribution in [0.5, 0.6) is 0 Å². The van der Waals surface area contributed by atoms with E-state index in [4.69, 9.17) is 4.98 Å². The first-order valence-electron chi connectivity index (χ1n) is 5.69. The largest absolute Gasteiger partial charge is 0.328 e. The van der Waals surface area contributed by atoms with Gasteiger partial charge in [-0.25, -0.2) is 4.98 Å². The molecule has 1 aromatic heterocycles. The summed E-state index contributed by atoms with van der Waals surface area (Å²) >= 11 is 0. The summed E-state index contributed by atoms with van der Waals surface area (Å²) < 4.78 is 2.35. The van der Waals surface area contributed by atoms with Gasteiger partial charge >= 0.3 is 0 Å². The van der Waals surface area contributed by atoms with E-state index in [2.05, 4.69) is 49.6 Å². The van der Waals surface area contributed by atoms with Crippen molar-refractivity contribution in [2.75, 3.05) is 0 Å². The Morgan fingerprint density at radius 3 is 2.67 bits per heavy atom. The average molecular weight is 202 g/mol. The lowest BCUT2D eigenvalue weighted by molar-refractivity contribution is 0.624. The van der Waals surface area contributed by atoms with Crippen molar-refractivity contribution in [1.29, 1.82) is 0 Å². The molecule has 0 fully saturated rings. The topological polar surface area (TPSA) is 17.8 Å². The highest BCUT2D eigenvalue weighted by Gasteiger charge is 2.11. The first-order chi connectivity index (χ1) is 7.24. The quantitative estimate of drug-likeness (QED) is 0.744. The van der Waals surface area contributed by atoms with Gasteiger partial charge < -0.3 is 4.57 Å². The van der Waals surface area contributed by atoms with Crippen LogP contribution in [0.15, 0.2) is 24.3 Å². The van der Waals surface area contributed by atoms with Crippen molar-refractivity contribution < 1.29 is 0 Å². The molecular formula is C13H18N2. The van der Waals surface area contributed by atoms with Crippen LogP contribution in [0.1, 0.15) is 38.9 Å². The van der Waals surface area contributed by atoms with E-state index >= 15 is 0 Å². The van der Waals surface area contributed by atoms with Gasteiger partial charge in [0.15, 0.2) is 0 Å². The van der Waals surface area contributed by atoms with E-state index in [-0.39, 0.29) is 0 Å². The number of hydrogen-bond donors (Lipinski definition) is 0. The standard InChI is InChI=1S/C13H18N2/c1-4-9-15-12-8-6-5-7-11(12)14-13(15)10(2)3/h5-8,10H,4,9H2,1-3H3. The van der Waals surface area contributed by atoms with Crippen molar-refractivity contribution in [3.8, 4) is 0 Å². The third-order valence-electron chi connectivity index (χ3n) is 2.65. The highest BCUT2D eigenvalue weighted by molar-refractivity contribution is 5.76. The van der Waals surface area contributed by atoms with Gasteiger partial charge in [0.25, 0.3) is 0 Å². The number of rotatable bonds is 3. The summed E-state index contributed by atoms with van der Waals surface area (Å²) in [6.45, 7) is 7.67. The Kier molecular flexibility index (Phi) is 2.76. The highest BCUT2D eigenvalue weighted by Crippen LogP contribution is 2.21. The monoisotopic (exact) mass is 202 g/mol. The number of aryl methyl sites for hydroxylation is 1. The highest BCUT2D eigenvalue weighted by atomic mass is 15.1. The molecule has 0 atom stereocenters. The zero-order chi connectivity index (χ0) is 10.8. The van der Waals surface area contributed by atoms with E-state index < -0.39 is 0 Å². The summed E-state index contributed by atoms with van der Waals surface area (Å²) in [6.07, 6.45) is 1.15. The minimum atomic E-state index is 0.490. The Labute approximate surface area is 90.9 Å². The van der Waals surface area contributed by atoms with Gasteiger partial charge in [-0.2, -0.15) is 0 Å². The summed E-state index contributed by atoms with van der Waals surface area (Å²) in [5.41, 5.74) is 2.39. The normalized spacial score (nSPS) is 11.5.